The van der Waals surface area contributed by atoms with Crippen molar-refractivity contribution in [3.63, 3.8) is 0 Å². The molecule has 1 aliphatic rings. The van der Waals surface area contributed by atoms with Gasteiger partial charge in [-0.2, -0.15) is 0 Å². The van der Waals surface area contributed by atoms with Gasteiger partial charge in [0.05, 0.1) is 23.2 Å². The van der Waals surface area contributed by atoms with Crippen LogP contribution in [0.4, 0.5) is 5.95 Å². The standard InChI is InChI=1S/C13H16BrN3O/c1-9-7-17(8-10(6-14)18-9)13-15-11-4-2-3-5-12(11)16-13/h2-5,9-10H,6-8H2,1H3,(H,15,16). The van der Waals surface area contributed by atoms with E-state index in [1.54, 1.807) is 0 Å². The van der Waals surface area contributed by atoms with E-state index in [0.29, 0.717) is 0 Å². The molecule has 1 aromatic carbocycles. The van der Waals surface area contributed by atoms with Crippen LogP contribution in [-0.4, -0.2) is 40.6 Å². The fourth-order valence-corrected chi connectivity index (χ4v) is 2.75. The lowest BCUT2D eigenvalue weighted by atomic mass is 10.2. The minimum atomic E-state index is 0.224. The van der Waals surface area contributed by atoms with Crippen LogP contribution in [0.3, 0.4) is 0 Å². The maximum atomic E-state index is 5.83. The van der Waals surface area contributed by atoms with E-state index in [2.05, 4.69) is 43.8 Å². The second kappa shape index (κ2) is 4.90. The lowest BCUT2D eigenvalue weighted by Crippen LogP contribution is -2.47. The smallest absolute Gasteiger partial charge is 0.204 e. The Kier molecular flexibility index (Phi) is 3.26. The van der Waals surface area contributed by atoms with Gasteiger partial charge in [-0.25, -0.2) is 4.98 Å². The molecule has 2 aromatic rings. The van der Waals surface area contributed by atoms with Gasteiger partial charge < -0.3 is 14.6 Å². The first kappa shape index (κ1) is 12.0. The van der Waals surface area contributed by atoms with Crippen molar-refractivity contribution >= 4 is 32.9 Å². The number of para-hydroxylation sites is 2. The molecule has 2 atom stereocenters. The molecule has 1 aromatic heterocycles. The first-order valence-electron chi connectivity index (χ1n) is 6.17. The summed E-state index contributed by atoms with van der Waals surface area (Å²) < 4.78 is 5.83. The summed E-state index contributed by atoms with van der Waals surface area (Å²) in [6, 6.07) is 8.11. The van der Waals surface area contributed by atoms with E-state index in [0.717, 1.165) is 35.4 Å². The lowest BCUT2D eigenvalue weighted by molar-refractivity contribution is -0.00243. The van der Waals surface area contributed by atoms with Gasteiger partial charge in [0.25, 0.3) is 0 Å². The molecule has 4 nitrogen and oxygen atoms in total. The van der Waals surface area contributed by atoms with E-state index in [4.69, 9.17) is 4.74 Å². The van der Waals surface area contributed by atoms with E-state index in [9.17, 15) is 0 Å². The highest BCUT2D eigenvalue weighted by Crippen LogP contribution is 2.21. The number of halogens is 1. The number of imidazole rings is 1. The zero-order valence-electron chi connectivity index (χ0n) is 10.3. The van der Waals surface area contributed by atoms with Crippen LogP contribution in [0, 0.1) is 0 Å². The van der Waals surface area contributed by atoms with Gasteiger partial charge >= 0.3 is 0 Å². The number of nitrogens with zero attached hydrogens (tertiary/aromatic N) is 2. The number of morpholine rings is 1. The number of hydrogen-bond donors (Lipinski definition) is 1. The topological polar surface area (TPSA) is 41.2 Å². The zero-order valence-corrected chi connectivity index (χ0v) is 11.9. The molecule has 1 aliphatic heterocycles. The summed E-state index contributed by atoms with van der Waals surface area (Å²) in [4.78, 5) is 10.3. The quantitative estimate of drug-likeness (QED) is 0.867. The first-order valence-corrected chi connectivity index (χ1v) is 7.29. The van der Waals surface area contributed by atoms with Crippen molar-refractivity contribution in [2.75, 3.05) is 23.3 Å². The summed E-state index contributed by atoms with van der Waals surface area (Å²) in [6.07, 6.45) is 0.455. The van der Waals surface area contributed by atoms with Crippen LogP contribution in [0.15, 0.2) is 24.3 Å². The molecule has 5 heteroatoms. The largest absolute Gasteiger partial charge is 0.371 e. The molecule has 18 heavy (non-hydrogen) atoms. The molecule has 2 heterocycles. The SMILES string of the molecule is CC1CN(c2nc3ccccc3[nH]2)CC(CBr)O1. The molecule has 1 saturated heterocycles. The highest BCUT2D eigenvalue weighted by Gasteiger charge is 2.26. The summed E-state index contributed by atoms with van der Waals surface area (Å²) >= 11 is 3.49. The molecule has 3 rings (SSSR count). The normalized spacial score (nSPS) is 24.7. The van der Waals surface area contributed by atoms with Crippen molar-refractivity contribution in [2.24, 2.45) is 0 Å². The van der Waals surface area contributed by atoms with Crippen LogP contribution < -0.4 is 4.90 Å². The Morgan fingerprint density at radius 3 is 3.06 bits per heavy atom. The van der Waals surface area contributed by atoms with Gasteiger partial charge in [-0.05, 0) is 19.1 Å². The zero-order chi connectivity index (χ0) is 12.5. The molecule has 1 fully saturated rings. The van der Waals surface area contributed by atoms with Gasteiger partial charge in [0.1, 0.15) is 0 Å². The van der Waals surface area contributed by atoms with Gasteiger partial charge in [-0.15, -0.1) is 0 Å². The average molecular weight is 310 g/mol. The molecular weight excluding hydrogens is 294 g/mol. The minimum Gasteiger partial charge on any atom is -0.371 e. The summed E-state index contributed by atoms with van der Waals surface area (Å²) in [6.45, 7) is 3.85. The molecule has 0 aliphatic carbocycles. The third-order valence-corrected chi connectivity index (χ3v) is 3.90. The Morgan fingerprint density at radius 2 is 2.28 bits per heavy atom. The number of H-pyrrole nitrogens is 1. The van der Waals surface area contributed by atoms with Gasteiger partial charge in [-0.1, -0.05) is 28.1 Å². The van der Waals surface area contributed by atoms with E-state index >= 15 is 0 Å². The Balaban J connectivity index is 1.88. The molecule has 0 bridgehead atoms. The summed E-state index contributed by atoms with van der Waals surface area (Å²) in [5.74, 6) is 0.942. The van der Waals surface area contributed by atoms with Crippen molar-refractivity contribution < 1.29 is 4.74 Å². The van der Waals surface area contributed by atoms with Crippen molar-refractivity contribution in [1.29, 1.82) is 0 Å². The van der Waals surface area contributed by atoms with Gasteiger partial charge in [0.15, 0.2) is 0 Å². The minimum absolute atomic E-state index is 0.224. The molecule has 0 spiro atoms. The second-order valence-electron chi connectivity index (χ2n) is 4.71. The summed E-state index contributed by atoms with van der Waals surface area (Å²) in [5, 5.41) is 0.855. The molecular formula is C13H16BrN3O. The Bertz CT molecular complexity index is 509. The third kappa shape index (κ3) is 2.24. The van der Waals surface area contributed by atoms with E-state index in [1.807, 2.05) is 18.2 Å². The second-order valence-corrected chi connectivity index (χ2v) is 5.35. The highest BCUT2D eigenvalue weighted by molar-refractivity contribution is 9.09. The number of rotatable bonds is 2. The predicted molar refractivity (Wildman–Crippen MR) is 76.4 cm³/mol. The van der Waals surface area contributed by atoms with Crippen LogP contribution in [0.5, 0.6) is 0 Å². The van der Waals surface area contributed by atoms with Gasteiger partial charge in [0.2, 0.25) is 5.95 Å². The number of anilines is 1. The van der Waals surface area contributed by atoms with Gasteiger partial charge in [-0.3, -0.25) is 0 Å². The maximum absolute atomic E-state index is 5.83. The number of ether oxygens (including phenoxy) is 1. The first-order chi connectivity index (χ1) is 8.76. The Morgan fingerprint density at radius 1 is 1.44 bits per heavy atom. The van der Waals surface area contributed by atoms with Crippen molar-refractivity contribution in [3.05, 3.63) is 24.3 Å². The van der Waals surface area contributed by atoms with Crippen molar-refractivity contribution in [2.45, 2.75) is 19.1 Å². The molecule has 1 N–H and O–H groups in total. The van der Waals surface area contributed by atoms with Gasteiger partial charge in [0, 0.05) is 18.4 Å². The number of nitrogens with one attached hydrogen (secondary N) is 1. The lowest BCUT2D eigenvalue weighted by Gasteiger charge is -2.35. The summed E-state index contributed by atoms with van der Waals surface area (Å²) in [7, 11) is 0. The fourth-order valence-electron chi connectivity index (χ4n) is 2.39. The molecule has 0 saturated carbocycles. The van der Waals surface area contributed by atoms with Crippen molar-refractivity contribution in [3.8, 4) is 0 Å². The number of fused-ring (bicyclic) bond motifs is 1. The monoisotopic (exact) mass is 309 g/mol. The molecule has 96 valence electrons. The molecule has 0 amide bonds. The maximum Gasteiger partial charge on any atom is 0.204 e. The fraction of sp³-hybridized carbons (Fsp3) is 0.462. The number of hydrogen-bond acceptors (Lipinski definition) is 3. The van der Waals surface area contributed by atoms with E-state index in [1.165, 1.54) is 0 Å². The van der Waals surface area contributed by atoms with E-state index in [-0.39, 0.29) is 12.2 Å². The van der Waals surface area contributed by atoms with Crippen molar-refractivity contribution in [1.82, 2.24) is 9.97 Å². The van der Waals surface area contributed by atoms with Crippen LogP contribution in [0.25, 0.3) is 11.0 Å². The Hall–Kier alpha value is -1.07. The average Bonchev–Trinajstić information content (AvgIpc) is 2.81. The molecule has 0 radical (unpaired) electrons. The van der Waals surface area contributed by atoms with Crippen LogP contribution in [0.1, 0.15) is 6.92 Å². The third-order valence-electron chi connectivity index (χ3n) is 3.17. The Labute approximate surface area is 114 Å². The predicted octanol–water partition coefficient (Wildman–Crippen LogP) is 2.55. The molecule has 2 unspecified atom stereocenters. The van der Waals surface area contributed by atoms with E-state index < -0.39 is 0 Å². The number of alkyl halides is 1. The van der Waals surface area contributed by atoms with Crippen LogP contribution in [0.2, 0.25) is 0 Å². The number of benzene rings is 1. The van der Waals surface area contributed by atoms with Crippen LogP contribution in [-0.2, 0) is 4.74 Å². The highest BCUT2D eigenvalue weighted by atomic mass is 79.9. The summed E-state index contributed by atoms with van der Waals surface area (Å²) in [5.41, 5.74) is 2.10. The number of aromatic nitrogens is 2. The number of aromatic amines is 1. The van der Waals surface area contributed by atoms with Crippen LogP contribution >= 0.6 is 15.9 Å².